The maximum absolute atomic E-state index is 11.9. The quantitative estimate of drug-likeness (QED) is 0.757. The fraction of sp³-hybridized carbons (Fsp3) is 0.417. The highest BCUT2D eigenvalue weighted by Gasteiger charge is 2.45. The minimum absolute atomic E-state index is 0.246. The summed E-state index contributed by atoms with van der Waals surface area (Å²) in [5.74, 6) is 0.760. The summed E-state index contributed by atoms with van der Waals surface area (Å²) in [6, 6.07) is 7.29. The van der Waals surface area contributed by atoms with E-state index < -0.39 is 0 Å². The molecule has 2 bridgehead atoms. The van der Waals surface area contributed by atoms with Gasteiger partial charge in [-0.05, 0) is 43.5 Å². The zero-order valence-electron chi connectivity index (χ0n) is 8.39. The second-order valence-electron chi connectivity index (χ2n) is 4.39. The van der Waals surface area contributed by atoms with E-state index >= 15 is 0 Å². The SMILES string of the molecule is O=C1C2CCC(C2)N1c1ccc(O)cc1. The predicted octanol–water partition coefficient (Wildman–Crippen LogP) is 1.91. The predicted molar refractivity (Wildman–Crippen MR) is 56.7 cm³/mol. The first-order valence-corrected chi connectivity index (χ1v) is 5.38. The zero-order chi connectivity index (χ0) is 10.4. The van der Waals surface area contributed by atoms with E-state index in [0.29, 0.717) is 6.04 Å². The number of phenolic OH excluding ortho intramolecular Hbond substituents is 1. The molecule has 0 radical (unpaired) electrons. The number of benzene rings is 1. The lowest BCUT2D eigenvalue weighted by Gasteiger charge is -2.27. The van der Waals surface area contributed by atoms with Gasteiger partial charge in [-0.2, -0.15) is 0 Å². The van der Waals surface area contributed by atoms with E-state index in [1.807, 2.05) is 17.0 Å². The molecule has 2 fully saturated rings. The van der Waals surface area contributed by atoms with Crippen LogP contribution in [-0.4, -0.2) is 17.1 Å². The number of amides is 1. The Hall–Kier alpha value is -1.51. The van der Waals surface area contributed by atoms with Crippen LogP contribution in [-0.2, 0) is 4.79 Å². The third-order valence-corrected chi connectivity index (χ3v) is 3.48. The Labute approximate surface area is 88.3 Å². The highest BCUT2D eigenvalue weighted by molar-refractivity contribution is 5.98. The monoisotopic (exact) mass is 203 g/mol. The molecule has 3 rings (SSSR count). The van der Waals surface area contributed by atoms with Crippen LogP contribution in [0, 0.1) is 5.92 Å². The summed E-state index contributed by atoms with van der Waals surface area (Å²) in [6.07, 6.45) is 3.19. The number of hydrogen-bond donors (Lipinski definition) is 1. The smallest absolute Gasteiger partial charge is 0.230 e. The molecular formula is C12H13NO2. The lowest BCUT2D eigenvalue weighted by molar-refractivity contribution is -0.121. The minimum Gasteiger partial charge on any atom is -0.508 e. The van der Waals surface area contributed by atoms with E-state index in [1.54, 1.807) is 12.1 Å². The standard InChI is InChI=1S/C12H13NO2/c14-11-5-3-9(4-6-11)13-10-2-1-8(7-10)12(13)15/h3-6,8,10,14H,1-2,7H2. The molecule has 1 saturated carbocycles. The molecule has 0 aromatic heterocycles. The molecular weight excluding hydrogens is 190 g/mol. The van der Waals surface area contributed by atoms with E-state index in [1.165, 1.54) is 0 Å². The number of piperidine rings is 1. The molecule has 1 aliphatic heterocycles. The second-order valence-corrected chi connectivity index (χ2v) is 4.39. The van der Waals surface area contributed by atoms with Gasteiger partial charge < -0.3 is 10.0 Å². The number of rotatable bonds is 1. The number of anilines is 1. The van der Waals surface area contributed by atoms with Crippen molar-refractivity contribution in [3.63, 3.8) is 0 Å². The Morgan fingerprint density at radius 1 is 1.20 bits per heavy atom. The zero-order valence-corrected chi connectivity index (χ0v) is 8.39. The van der Waals surface area contributed by atoms with Crippen molar-refractivity contribution in [1.82, 2.24) is 0 Å². The van der Waals surface area contributed by atoms with Crippen molar-refractivity contribution in [3.05, 3.63) is 24.3 Å². The van der Waals surface area contributed by atoms with Crippen LogP contribution in [0.2, 0.25) is 0 Å². The van der Waals surface area contributed by atoms with Crippen LogP contribution in [0.15, 0.2) is 24.3 Å². The average molecular weight is 203 g/mol. The van der Waals surface area contributed by atoms with Crippen LogP contribution in [0.4, 0.5) is 5.69 Å². The van der Waals surface area contributed by atoms with Gasteiger partial charge in [0.1, 0.15) is 5.75 Å². The molecule has 1 saturated heterocycles. The van der Waals surface area contributed by atoms with Crippen molar-refractivity contribution in [2.24, 2.45) is 5.92 Å². The van der Waals surface area contributed by atoms with E-state index in [9.17, 15) is 9.90 Å². The van der Waals surface area contributed by atoms with Crippen molar-refractivity contribution >= 4 is 11.6 Å². The van der Waals surface area contributed by atoms with Gasteiger partial charge in [0.05, 0.1) is 0 Å². The highest BCUT2D eigenvalue weighted by atomic mass is 16.3. The van der Waals surface area contributed by atoms with Crippen LogP contribution >= 0.6 is 0 Å². The normalized spacial score (nSPS) is 28.8. The fourth-order valence-electron chi connectivity index (χ4n) is 2.74. The summed E-state index contributed by atoms with van der Waals surface area (Å²) in [7, 11) is 0. The first kappa shape index (κ1) is 8.77. The van der Waals surface area contributed by atoms with Crippen molar-refractivity contribution in [1.29, 1.82) is 0 Å². The van der Waals surface area contributed by atoms with Gasteiger partial charge in [0.2, 0.25) is 5.91 Å². The van der Waals surface area contributed by atoms with E-state index in [4.69, 9.17) is 0 Å². The maximum atomic E-state index is 11.9. The van der Waals surface area contributed by atoms with Gasteiger partial charge in [-0.25, -0.2) is 0 Å². The molecule has 1 N–H and O–H groups in total. The van der Waals surface area contributed by atoms with Crippen molar-refractivity contribution in [2.75, 3.05) is 4.90 Å². The molecule has 3 heteroatoms. The average Bonchev–Trinajstić information content (AvgIpc) is 2.80. The number of fused-ring (bicyclic) bond motifs is 2. The Bertz CT molecular complexity index is 399. The lowest BCUT2D eigenvalue weighted by Crippen LogP contribution is -2.36. The molecule has 1 aromatic rings. The van der Waals surface area contributed by atoms with Gasteiger partial charge in [0, 0.05) is 17.6 Å². The topological polar surface area (TPSA) is 40.5 Å². The Balaban J connectivity index is 1.94. The molecule has 78 valence electrons. The first-order valence-electron chi connectivity index (χ1n) is 5.38. The number of carbonyl (C=O) groups excluding carboxylic acids is 1. The van der Waals surface area contributed by atoms with Gasteiger partial charge in [0.25, 0.3) is 0 Å². The summed E-state index contributed by atoms with van der Waals surface area (Å²) < 4.78 is 0. The molecule has 3 nitrogen and oxygen atoms in total. The van der Waals surface area contributed by atoms with Gasteiger partial charge in [-0.3, -0.25) is 4.79 Å². The maximum Gasteiger partial charge on any atom is 0.230 e. The van der Waals surface area contributed by atoms with Crippen LogP contribution in [0.5, 0.6) is 5.75 Å². The van der Waals surface area contributed by atoms with Gasteiger partial charge in [0.15, 0.2) is 0 Å². The third-order valence-electron chi connectivity index (χ3n) is 3.48. The Morgan fingerprint density at radius 3 is 2.53 bits per heavy atom. The summed E-state index contributed by atoms with van der Waals surface area (Å²) in [6.45, 7) is 0. The van der Waals surface area contributed by atoms with Gasteiger partial charge in [-0.1, -0.05) is 0 Å². The lowest BCUT2D eigenvalue weighted by atomic mass is 10.1. The van der Waals surface area contributed by atoms with Crippen LogP contribution in [0.1, 0.15) is 19.3 Å². The molecule has 0 spiro atoms. The van der Waals surface area contributed by atoms with Gasteiger partial charge in [-0.15, -0.1) is 0 Å². The molecule has 1 aromatic carbocycles. The number of aromatic hydroxyl groups is 1. The Morgan fingerprint density at radius 2 is 1.93 bits per heavy atom. The summed E-state index contributed by atoms with van der Waals surface area (Å²) in [5.41, 5.74) is 0.921. The minimum atomic E-state index is 0.246. The molecule has 2 atom stereocenters. The van der Waals surface area contributed by atoms with Crippen LogP contribution in [0.25, 0.3) is 0 Å². The number of carbonyl (C=O) groups is 1. The van der Waals surface area contributed by atoms with Crippen molar-refractivity contribution < 1.29 is 9.90 Å². The number of nitrogens with zero attached hydrogens (tertiary/aromatic N) is 1. The number of hydrogen-bond acceptors (Lipinski definition) is 2. The number of phenols is 1. The summed E-state index contributed by atoms with van der Waals surface area (Å²) in [5, 5.41) is 9.19. The third kappa shape index (κ3) is 1.23. The molecule has 1 aliphatic carbocycles. The first-order chi connectivity index (χ1) is 7.25. The molecule has 15 heavy (non-hydrogen) atoms. The molecule has 2 aliphatic rings. The summed E-state index contributed by atoms with van der Waals surface area (Å²) in [4.78, 5) is 13.8. The van der Waals surface area contributed by atoms with Crippen molar-refractivity contribution in [2.45, 2.75) is 25.3 Å². The fourth-order valence-corrected chi connectivity index (χ4v) is 2.74. The van der Waals surface area contributed by atoms with Gasteiger partial charge >= 0.3 is 0 Å². The molecule has 1 heterocycles. The molecule has 1 amide bonds. The largest absolute Gasteiger partial charge is 0.508 e. The van der Waals surface area contributed by atoms with E-state index in [0.717, 1.165) is 24.9 Å². The highest BCUT2D eigenvalue weighted by Crippen LogP contribution is 2.41. The van der Waals surface area contributed by atoms with E-state index in [2.05, 4.69) is 0 Å². The van der Waals surface area contributed by atoms with Crippen LogP contribution < -0.4 is 4.90 Å². The van der Waals surface area contributed by atoms with E-state index in [-0.39, 0.29) is 17.6 Å². The van der Waals surface area contributed by atoms with Crippen molar-refractivity contribution in [3.8, 4) is 5.75 Å². The Kier molecular flexibility index (Phi) is 1.75. The van der Waals surface area contributed by atoms with Crippen LogP contribution in [0.3, 0.4) is 0 Å². The summed E-state index contributed by atoms with van der Waals surface area (Å²) >= 11 is 0. The molecule has 2 unspecified atom stereocenters. The second kappa shape index (κ2) is 2.99.